The van der Waals surface area contributed by atoms with Gasteiger partial charge in [-0.1, -0.05) is 73.7 Å². The predicted molar refractivity (Wildman–Crippen MR) is 201 cm³/mol. The molecule has 0 spiro atoms. The van der Waals surface area contributed by atoms with Crippen LogP contribution in [0.15, 0.2) is 108 Å². The summed E-state index contributed by atoms with van der Waals surface area (Å²) < 4.78 is 6.24. The van der Waals surface area contributed by atoms with E-state index in [4.69, 9.17) is 9.40 Å². The normalized spacial score (nSPS) is 14.1. The Kier molecular flexibility index (Phi) is 10.2. The van der Waals surface area contributed by atoms with E-state index >= 15 is 0 Å². The van der Waals surface area contributed by atoms with Crippen LogP contribution in [0.4, 0.5) is 5.69 Å². The SMILES string of the molecule is CCCN(Cc1nc2ccc(-c3cnc(-c4ccc(C)c(NC(=O)[C@@H]5CCCN5C(=O)Cc5ccccc5)c4)o3)cc2[nH]1)C(=O)Cc1ccccc1. The number of carbonyl (C=O) groups excluding carboxylic acids is 3. The summed E-state index contributed by atoms with van der Waals surface area (Å²) in [6.07, 6.45) is 4.57. The van der Waals surface area contributed by atoms with Crippen LogP contribution in [0.2, 0.25) is 0 Å². The van der Waals surface area contributed by atoms with E-state index in [1.807, 2.05) is 109 Å². The number of benzene rings is 4. The van der Waals surface area contributed by atoms with Gasteiger partial charge in [0.25, 0.3) is 0 Å². The van der Waals surface area contributed by atoms with E-state index in [-0.39, 0.29) is 24.1 Å². The second-order valence-electron chi connectivity index (χ2n) is 13.3. The number of amides is 3. The Bertz CT molecular complexity index is 2190. The molecule has 1 fully saturated rings. The number of H-pyrrole nitrogens is 1. The smallest absolute Gasteiger partial charge is 0.247 e. The fraction of sp³-hybridized carbons (Fsp3) is 0.262. The fourth-order valence-corrected chi connectivity index (χ4v) is 6.77. The molecule has 1 aliphatic rings. The van der Waals surface area contributed by atoms with Crippen molar-refractivity contribution in [1.29, 1.82) is 0 Å². The lowest BCUT2D eigenvalue weighted by Gasteiger charge is -2.24. The van der Waals surface area contributed by atoms with Crippen molar-refractivity contribution in [2.75, 3.05) is 18.4 Å². The Morgan fingerprint density at radius 3 is 2.40 bits per heavy atom. The number of hydrogen-bond donors (Lipinski definition) is 2. The van der Waals surface area contributed by atoms with Crippen molar-refractivity contribution in [3.63, 3.8) is 0 Å². The van der Waals surface area contributed by atoms with Crippen molar-refractivity contribution in [3.8, 4) is 22.8 Å². The molecule has 4 aromatic carbocycles. The Balaban J connectivity index is 1.03. The van der Waals surface area contributed by atoms with Gasteiger partial charge in [-0.2, -0.15) is 0 Å². The van der Waals surface area contributed by atoms with Crippen molar-refractivity contribution in [1.82, 2.24) is 24.8 Å². The Hall–Kier alpha value is -6.03. The minimum absolute atomic E-state index is 0.0430. The molecule has 1 saturated heterocycles. The third-order valence-electron chi connectivity index (χ3n) is 9.52. The summed E-state index contributed by atoms with van der Waals surface area (Å²) >= 11 is 0. The third-order valence-corrected chi connectivity index (χ3v) is 9.52. The van der Waals surface area contributed by atoms with Crippen LogP contribution in [0.5, 0.6) is 0 Å². The molecule has 0 radical (unpaired) electrons. The summed E-state index contributed by atoms with van der Waals surface area (Å²) in [5, 5.41) is 3.07. The molecule has 52 heavy (non-hydrogen) atoms. The van der Waals surface area contributed by atoms with Gasteiger partial charge in [0.15, 0.2) is 5.76 Å². The van der Waals surface area contributed by atoms with Crippen molar-refractivity contribution in [2.24, 2.45) is 0 Å². The number of nitrogens with one attached hydrogen (secondary N) is 2. The lowest BCUT2D eigenvalue weighted by Crippen LogP contribution is -2.43. The maximum Gasteiger partial charge on any atom is 0.247 e. The predicted octanol–water partition coefficient (Wildman–Crippen LogP) is 7.35. The second-order valence-corrected chi connectivity index (χ2v) is 13.3. The van der Waals surface area contributed by atoms with Crippen LogP contribution in [-0.2, 0) is 33.8 Å². The van der Waals surface area contributed by atoms with Gasteiger partial charge < -0.3 is 24.5 Å². The summed E-state index contributed by atoms with van der Waals surface area (Å²) in [4.78, 5) is 56.1. The van der Waals surface area contributed by atoms with Crippen LogP contribution in [-0.4, -0.2) is 61.6 Å². The topological polar surface area (TPSA) is 124 Å². The Morgan fingerprint density at radius 1 is 0.923 bits per heavy atom. The molecular formula is C42H42N6O4. The largest absolute Gasteiger partial charge is 0.436 e. The number of carbonyl (C=O) groups is 3. The van der Waals surface area contributed by atoms with Gasteiger partial charge in [0.05, 0.1) is 36.6 Å². The van der Waals surface area contributed by atoms with Crippen LogP contribution < -0.4 is 5.32 Å². The number of rotatable bonds is 12. The molecule has 2 N–H and O–H groups in total. The molecule has 3 heterocycles. The van der Waals surface area contributed by atoms with Crippen LogP contribution >= 0.6 is 0 Å². The molecule has 10 heteroatoms. The molecule has 0 bridgehead atoms. The number of hydrogen-bond acceptors (Lipinski definition) is 6. The number of aromatic nitrogens is 3. The lowest BCUT2D eigenvalue weighted by molar-refractivity contribution is -0.136. The number of oxazole rings is 1. The highest BCUT2D eigenvalue weighted by Crippen LogP contribution is 2.31. The maximum absolute atomic E-state index is 13.5. The number of imidazole rings is 1. The van der Waals surface area contributed by atoms with Crippen molar-refractivity contribution < 1.29 is 18.8 Å². The van der Waals surface area contributed by atoms with E-state index in [1.54, 1.807) is 11.1 Å². The molecule has 0 saturated carbocycles. The summed E-state index contributed by atoms with van der Waals surface area (Å²) in [6.45, 7) is 5.60. The number of nitrogens with zero attached hydrogens (tertiary/aromatic N) is 4. The van der Waals surface area contributed by atoms with E-state index in [2.05, 4.69) is 22.2 Å². The second kappa shape index (κ2) is 15.5. The van der Waals surface area contributed by atoms with E-state index in [0.717, 1.165) is 57.5 Å². The van der Waals surface area contributed by atoms with Gasteiger partial charge in [-0.25, -0.2) is 9.97 Å². The van der Waals surface area contributed by atoms with Crippen LogP contribution in [0, 0.1) is 6.92 Å². The van der Waals surface area contributed by atoms with Crippen LogP contribution in [0.25, 0.3) is 33.8 Å². The monoisotopic (exact) mass is 694 g/mol. The summed E-state index contributed by atoms with van der Waals surface area (Å²) in [6, 6.07) is 30.4. The first-order valence-corrected chi connectivity index (χ1v) is 17.9. The van der Waals surface area contributed by atoms with Crippen molar-refractivity contribution in [2.45, 2.75) is 58.5 Å². The highest BCUT2D eigenvalue weighted by atomic mass is 16.4. The number of aromatic amines is 1. The minimum Gasteiger partial charge on any atom is -0.436 e. The summed E-state index contributed by atoms with van der Waals surface area (Å²) in [5.74, 6) is 1.55. The fourth-order valence-electron chi connectivity index (χ4n) is 6.77. The highest BCUT2D eigenvalue weighted by Gasteiger charge is 2.34. The number of likely N-dealkylation sites (tertiary alicyclic amines) is 1. The molecule has 1 atom stereocenters. The molecule has 7 rings (SSSR count). The number of fused-ring (bicyclic) bond motifs is 1. The Labute approximate surface area is 302 Å². The third kappa shape index (κ3) is 7.81. The van der Waals surface area contributed by atoms with Gasteiger partial charge in [-0.15, -0.1) is 0 Å². The number of aryl methyl sites for hydroxylation is 1. The van der Waals surface area contributed by atoms with E-state index < -0.39 is 6.04 Å². The van der Waals surface area contributed by atoms with E-state index in [9.17, 15) is 14.4 Å². The zero-order valence-corrected chi connectivity index (χ0v) is 29.5. The van der Waals surface area contributed by atoms with E-state index in [1.165, 1.54) is 0 Å². The first kappa shape index (κ1) is 34.4. The molecule has 3 amide bonds. The van der Waals surface area contributed by atoms with Gasteiger partial charge in [0.1, 0.15) is 11.9 Å². The van der Waals surface area contributed by atoms with Gasteiger partial charge >= 0.3 is 0 Å². The molecule has 0 aliphatic carbocycles. The summed E-state index contributed by atoms with van der Waals surface area (Å²) in [7, 11) is 0. The van der Waals surface area contributed by atoms with Crippen molar-refractivity contribution >= 4 is 34.4 Å². The van der Waals surface area contributed by atoms with Crippen molar-refractivity contribution in [3.05, 3.63) is 126 Å². The quantitative estimate of drug-likeness (QED) is 0.138. The molecule has 0 unspecified atom stereocenters. The summed E-state index contributed by atoms with van der Waals surface area (Å²) in [5.41, 5.74) is 6.64. The average molecular weight is 695 g/mol. The van der Waals surface area contributed by atoms with Gasteiger partial charge in [0.2, 0.25) is 23.6 Å². The van der Waals surface area contributed by atoms with Crippen LogP contribution in [0.3, 0.4) is 0 Å². The molecule has 1 aliphatic heterocycles. The zero-order valence-electron chi connectivity index (χ0n) is 29.5. The lowest BCUT2D eigenvalue weighted by atomic mass is 10.1. The van der Waals surface area contributed by atoms with Gasteiger partial charge in [-0.05, 0) is 73.2 Å². The van der Waals surface area contributed by atoms with Gasteiger partial charge in [-0.3, -0.25) is 14.4 Å². The zero-order chi connectivity index (χ0) is 36.0. The molecule has 10 nitrogen and oxygen atoms in total. The molecule has 2 aromatic heterocycles. The molecule has 264 valence electrons. The number of anilines is 1. The van der Waals surface area contributed by atoms with Crippen LogP contribution in [0.1, 0.15) is 48.7 Å². The first-order chi connectivity index (χ1) is 25.3. The minimum atomic E-state index is -0.519. The molecule has 6 aromatic rings. The average Bonchev–Trinajstić information content (AvgIpc) is 3.93. The van der Waals surface area contributed by atoms with E-state index in [0.29, 0.717) is 49.8 Å². The molecular weight excluding hydrogens is 653 g/mol. The standard InChI is InChI=1S/C42H42N6O4/c1-3-20-47(39(49)22-29-11-6-4-7-12-29)27-38-44-33-19-18-31(24-35(33)45-38)37-26-43-42(52-37)32-17-16-28(2)34(25-32)46-41(51)36-15-10-21-48(36)40(50)23-30-13-8-5-9-14-30/h4-9,11-14,16-19,24-26,36H,3,10,15,20-23,27H2,1-2H3,(H,44,45)(H,46,51)/t36-/m0/s1. The Morgan fingerprint density at radius 2 is 1.65 bits per heavy atom. The first-order valence-electron chi connectivity index (χ1n) is 17.9. The maximum atomic E-state index is 13.5. The van der Waals surface area contributed by atoms with Gasteiger partial charge in [0, 0.05) is 29.9 Å². The highest BCUT2D eigenvalue weighted by molar-refractivity contribution is 5.98.